The summed E-state index contributed by atoms with van der Waals surface area (Å²) >= 11 is 0. The second kappa shape index (κ2) is 7.64. The minimum atomic E-state index is 0.0877. The molecule has 0 aromatic carbocycles. The van der Waals surface area contributed by atoms with Gasteiger partial charge in [-0.05, 0) is 24.8 Å². The van der Waals surface area contributed by atoms with Crippen LogP contribution in [0.4, 0.5) is 5.95 Å². The highest BCUT2D eigenvalue weighted by atomic mass is 16.5. The first kappa shape index (κ1) is 17.0. The molecule has 0 amide bonds. The summed E-state index contributed by atoms with van der Waals surface area (Å²) in [6.07, 6.45) is 4.10. The van der Waals surface area contributed by atoms with Gasteiger partial charge in [0.25, 0.3) is 0 Å². The molecule has 1 rings (SSSR count). The van der Waals surface area contributed by atoms with Gasteiger partial charge in [0, 0.05) is 40.1 Å². The van der Waals surface area contributed by atoms with Crippen molar-refractivity contribution in [1.29, 1.82) is 0 Å². The molecule has 20 heavy (non-hydrogen) atoms. The molecule has 0 unspecified atom stereocenters. The SMILES string of the molecule is CCc1cn(CCCOC)c(N(C)CC(C)(C)CN)n1. The van der Waals surface area contributed by atoms with E-state index in [-0.39, 0.29) is 5.41 Å². The van der Waals surface area contributed by atoms with Gasteiger partial charge in [0.15, 0.2) is 0 Å². The van der Waals surface area contributed by atoms with Gasteiger partial charge in [-0.25, -0.2) is 4.98 Å². The van der Waals surface area contributed by atoms with E-state index >= 15 is 0 Å². The Balaban J connectivity index is 2.82. The molecule has 0 spiro atoms. The summed E-state index contributed by atoms with van der Waals surface area (Å²) in [5.74, 6) is 1.03. The number of nitrogens with two attached hydrogens (primary N) is 1. The summed E-state index contributed by atoms with van der Waals surface area (Å²) < 4.78 is 7.36. The van der Waals surface area contributed by atoms with Crippen LogP contribution in [0.25, 0.3) is 0 Å². The number of imidazole rings is 1. The van der Waals surface area contributed by atoms with Crippen LogP contribution >= 0.6 is 0 Å². The van der Waals surface area contributed by atoms with Crippen molar-refractivity contribution in [2.45, 2.75) is 40.2 Å². The van der Waals surface area contributed by atoms with Crippen molar-refractivity contribution in [3.8, 4) is 0 Å². The van der Waals surface area contributed by atoms with Crippen molar-refractivity contribution >= 4 is 5.95 Å². The van der Waals surface area contributed by atoms with Gasteiger partial charge >= 0.3 is 0 Å². The lowest BCUT2D eigenvalue weighted by Gasteiger charge is -2.30. The van der Waals surface area contributed by atoms with Gasteiger partial charge in [0.2, 0.25) is 5.95 Å². The predicted molar refractivity (Wildman–Crippen MR) is 84.2 cm³/mol. The van der Waals surface area contributed by atoms with Crippen molar-refractivity contribution in [1.82, 2.24) is 9.55 Å². The molecule has 2 N–H and O–H groups in total. The standard InChI is InChI=1S/C15H30N4O/c1-6-13-10-19(8-7-9-20-5)14(17-13)18(4)12-15(2,3)11-16/h10H,6-9,11-12,16H2,1-5H3. The van der Waals surface area contributed by atoms with Crippen LogP contribution < -0.4 is 10.6 Å². The van der Waals surface area contributed by atoms with Crippen molar-refractivity contribution < 1.29 is 4.74 Å². The Morgan fingerprint density at radius 3 is 2.70 bits per heavy atom. The Bertz CT molecular complexity index is 401. The highest BCUT2D eigenvalue weighted by Crippen LogP contribution is 2.20. The molecule has 0 saturated heterocycles. The van der Waals surface area contributed by atoms with E-state index in [1.165, 1.54) is 0 Å². The van der Waals surface area contributed by atoms with Crippen LogP contribution in [0.5, 0.6) is 0 Å². The quantitative estimate of drug-likeness (QED) is 0.703. The van der Waals surface area contributed by atoms with Crippen LogP contribution in [0.2, 0.25) is 0 Å². The lowest BCUT2D eigenvalue weighted by molar-refractivity contribution is 0.190. The lowest BCUT2D eigenvalue weighted by atomic mass is 9.93. The van der Waals surface area contributed by atoms with E-state index < -0.39 is 0 Å². The predicted octanol–water partition coefficient (Wildman–Crippen LogP) is 1.90. The molecule has 0 aliphatic rings. The monoisotopic (exact) mass is 282 g/mol. The molecule has 0 bridgehead atoms. The molecule has 5 nitrogen and oxygen atoms in total. The Labute approximate surface area is 123 Å². The smallest absolute Gasteiger partial charge is 0.205 e. The van der Waals surface area contributed by atoms with Gasteiger partial charge in [-0.3, -0.25) is 0 Å². The average Bonchev–Trinajstić information content (AvgIpc) is 2.82. The number of hydrogen-bond donors (Lipinski definition) is 1. The van der Waals surface area contributed by atoms with E-state index in [9.17, 15) is 0 Å². The van der Waals surface area contributed by atoms with Gasteiger partial charge < -0.3 is 19.9 Å². The molecule has 0 atom stereocenters. The summed E-state index contributed by atoms with van der Waals surface area (Å²) in [4.78, 5) is 6.94. The Morgan fingerprint density at radius 2 is 2.15 bits per heavy atom. The number of ether oxygens (including phenoxy) is 1. The van der Waals surface area contributed by atoms with Gasteiger partial charge in [0.05, 0.1) is 5.69 Å². The minimum absolute atomic E-state index is 0.0877. The zero-order chi connectivity index (χ0) is 15.2. The summed E-state index contributed by atoms with van der Waals surface area (Å²) in [5, 5.41) is 0. The molecular formula is C15H30N4O. The number of anilines is 1. The molecule has 0 aliphatic heterocycles. The fourth-order valence-corrected chi connectivity index (χ4v) is 2.26. The van der Waals surface area contributed by atoms with Crippen LogP contribution in [0.15, 0.2) is 6.20 Å². The first-order valence-electron chi connectivity index (χ1n) is 7.39. The number of nitrogens with zero attached hydrogens (tertiary/aromatic N) is 3. The van der Waals surface area contributed by atoms with E-state index in [0.717, 1.165) is 44.2 Å². The normalized spacial score (nSPS) is 11.9. The van der Waals surface area contributed by atoms with E-state index in [1.807, 2.05) is 0 Å². The van der Waals surface area contributed by atoms with Crippen LogP contribution in [0.3, 0.4) is 0 Å². The maximum absolute atomic E-state index is 5.83. The molecule has 1 heterocycles. The fraction of sp³-hybridized carbons (Fsp3) is 0.800. The van der Waals surface area contributed by atoms with Gasteiger partial charge in [-0.1, -0.05) is 20.8 Å². The highest BCUT2D eigenvalue weighted by Gasteiger charge is 2.21. The zero-order valence-corrected chi connectivity index (χ0v) is 13.6. The summed E-state index contributed by atoms with van der Waals surface area (Å²) in [6, 6.07) is 0. The first-order valence-corrected chi connectivity index (χ1v) is 7.39. The van der Waals surface area contributed by atoms with E-state index in [0.29, 0.717) is 6.54 Å². The number of aryl methyl sites for hydroxylation is 2. The van der Waals surface area contributed by atoms with E-state index in [4.69, 9.17) is 15.5 Å². The average molecular weight is 282 g/mol. The lowest BCUT2D eigenvalue weighted by Crippen LogP contribution is -2.37. The Hall–Kier alpha value is -1.07. The van der Waals surface area contributed by atoms with Crippen molar-refractivity contribution in [2.24, 2.45) is 11.1 Å². The van der Waals surface area contributed by atoms with Crippen molar-refractivity contribution in [3.05, 3.63) is 11.9 Å². The molecule has 5 heteroatoms. The third-order valence-electron chi connectivity index (χ3n) is 3.47. The number of hydrogen-bond acceptors (Lipinski definition) is 4. The topological polar surface area (TPSA) is 56.3 Å². The minimum Gasteiger partial charge on any atom is -0.385 e. The third-order valence-corrected chi connectivity index (χ3v) is 3.47. The molecular weight excluding hydrogens is 252 g/mol. The molecule has 1 aromatic rings. The molecule has 0 aliphatic carbocycles. The second-order valence-corrected chi connectivity index (χ2v) is 6.15. The number of rotatable bonds is 9. The largest absolute Gasteiger partial charge is 0.385 e. The molecule has 0 fully saturated rings. The second-order valence-electron chi connectivity index (χ2n) is 6.15. The first-order chi connectivity index (χ1) is 9.43. The van der Waals surface area contributed by atoms with Crippen molar-refractivity contribution in [2.75, 3.05) is 38.8 Å². The molecule has 116 valence electrons. The summed E-state index contributed by atoms with van der Waals surface area (Å²) in [6.45, 7) is 9.78. The number of methoxy groups -OCH3 is 1. The van der Waals surface area contributed by atoms with Gasteiger partial charge in [-0.15, -0.1) is 0 Å². The van der Waals surface area contributed by atoms with Crippen molar-refractivity contribution in [3.63, 3.8) is 0 Å². The third kappa shape index (κ3) is 4.80. The fourth-order valence-electron chi connectivity index (χ4n) is 2.26. The summed E-state index contributed by atoms with van der Waals surface area (Å²) in [5.41, 5.74) is 7.05. The van der Waals surface area contributed by atoms with Crippen LogP contribution in [0, 0.1) is 5.41 Å². The Morgan fingerprint density at radius 1 is 1.45 bits per heavy atom. The highest BCUT2D eigenvalue weighted by molar-refractivity contribution is 5.33. The van der Waals surface area contributed by atoms with Gasteiger partial charge in [-0.2, -0.15) is 0 Å². The summed E-state index contributed by atoms with van der Waals surface area (Å²) in [7, 11) is 3.83. The zero-order valence-electron chi connectivity index (χ0n) is 13.6. The van der Waals surface area contributed by atoms with Crippen LogP contribution in [-0.4, -0.2) is 43.4 Å². The number of aromatic nitrogens is 2. The van der Waals surface area contributed by atoms with Crippen LogP contribution in [0.1, 0.15) is 32.9 Å². The van der Waals surface area contributed by atoms with E-state index in [1.54, 1.807) is 7.11 Å². The van der Waals surface area contributed by atoms with Crippen LogP contribution in [-0.2, 0) is 17.7 Å². The van der Waals surface area contributed by atoms with Gasteiger partial charge in [0.1, 0.15) is 0 Å². The maximum atomic E-state index is 5.83. The van der Waals surface area contributed by atoms with E-state index in [2.05, 4.69) is 43.5 Å². The molecule has 0 saturated carbocycles. The molecule has 1 aromatic heterocycles. The maximum Gasteiger partial charge on any atom is 0.205 e. The molecule has 0 radical (unpaired) electrons. The Kier molecular flexibility index (Phi) is 6.49.